The molecule has 0 bridgehead atoms. The molecule has 2 aromatic rings. The zero-order valence-electron chi connectivity index (χ0n) is 14.8. The molecular weight excluding hydrogens is 374 g/mol. The van der Waals surface area contributed by atoms with E-state index in [0.717, 1.165) is 7.11 Å². The number of ether oxygens (including phenoxy) is 3. The Bertz CT molecular complexity index is 908. The van der Waals surface area contributed by atoms with Crippen LogP contribution in [-0.4, -0.2) is 40.7 Å². The quantitative estimate of drug-likeness (QED) is 0.685. The number of methoxy groups -OCH3 is 1. The number of sulfonamides is 1. The van der Waals surface area contributed by atoms with E-state index in [2.05, 4.69) is 9.46 Å². The van der Waals surface area contributed by atoms with Crippen LogP contribution in [0.15, 0.2) is 53.4 Å². The van der Waals surface area contributed by atoms with Gasteiger partial charge in [-0.25, -0.2) is 18.0 Å². The molecule has 27 heavy (non-hydrogen) atoms. The predicted octanol–water partition coefficient (Wildman–Crippen LogP) is 2.22. The Kier molecular flexibility index (Phi) is 6.78. The summed E-state index contributed by atoms with van der Waals surface area (Å²) in [4.78, 5) is 23.2. The number of rotatable bonds is 8. The van der Waals surface area contributed by atoms with Crippen molar-refractivity contribution in [3.63, 3.8) is 0 Å². The maximum atomic E-state index is 12.6. The molecule has 0 spiro atoms. The van der Waals surface area contributed by atoms with Gasteiger partial charge in [0.2, 0.25) is 0 Å². The van der Waals surface area contributed by atoms with Gasteiger partial charge in [-0.2, -0.15) is 0 Å². The summed E-state index contributed by atoms with van der Waals surface area (Å²) in [7, 11) is -2.78. The second-order valence-corrected chi connectivity index (χ2v) is 6.89. The van der Waals surface area contributed by atoms with Crippen LogP contribution in [0.1, 0.15) is 17.3 Å². The van der Waals surface area contributed by atoms with Gasteiger partial charge in [-0.3, -0.25) is 4.72 Å². The summed E-state index contributed by atoms with van der Waals surface area (Å²) in [6.07, 6.45) is 0. The maximum absolute atomic E-state index is 12.6. The molecule has 0 radical (unpaired) electrons. The highest BCUT2D eigenvalue weighted by Crippen LogP contribution is 2.22. The molecule has 0 aliphatic carbocycles. The van der Waals surface area contributed by atoms with E-state index in [-0.39, 0.29) is 16.1 Å². The molecule has 2 aromatic carbocycles. The summed E-state index contributed by atoms with van der Waals surface area (Å²) in [6, 6.07) is 11.8. The highest BCUT2D eigenvalue weighted by molar-refractivity contribution is 7.92. The van der Waals surface area contributed by atoms with Crippen molar-refractivity contribution in [1.29, 1.82) is 0 Å². The highest BCUT2D eigenvalue weighted by atomic mass is 32.2. The van der Waals surface area contributed by atoms with Crippen molar-refractivity contribution in [3.05, 3.63) is 54.1 Å². The third-order valence-electron chi connectivity index (χ3n) is 3.39. The smallest absolute Gasteiger partial charge is 0.344 e. The Morgan fingerprint density at radius 2 is 1.70 bits per heavy atom. The summed E-state index contributed by atoms with van der Waals surface area (Å²) in [5, 5.41) is 0. The van der Waals surface area contributed by atoms with Crippen molar-refractivity contribution in [3.8, 4) is 5.75 Å². The number of carbonyl (C=O) groups is 2. The second-order valence-electron chi connectivity index (χ2n) is 5.21. The first kappa shape index (κ1) is 20.2. The predicted molar refractivity (Wildman–Crippen MR) is 97.2 cm³/mol. The zero-order valence-corrected chi connectivity index (χ0v) is 15.6. The summed E-state index contributed by atoms with van der Waals surface area (Å²) in [5.74, 6) is -1.04. The summed E-state index contributed by atoms with van der Waals surface area (Å²) >= 11 is 0. The lowest BCUT2D eigenvalue weighted by Gasteiger charge is -2.12. The molecule has 1 N–H and O–H groups in total. The topological polar surface area (TPSA) is 108 Å². The average Bonchev–Trinajstić information content (AvgIpc) is 2.66. The van der Waals surface area contributed by atoms with Crippen molar-refractivity contribution >= 4 is 27.6 Å². The van der Waals surface area contributed by atoms with E-state index in [4.69, 9.17) is 9.47 Å². The Morgan fingerprint density at radius 3 is 2.33 bits per heavy atom. The van der Waals surface area contributed by atoms with E-state index in [1.54, 1.807) is 12.1 Å². The minimum atomic E-state index is -3.94. The molecule has 0 amide bonds. The van der Waals surface area contributed by atoms with Crippen LogP contribution in [-0.2, 0) is 24.3 Å². The molecule has 0 aliphatic rings. The van der Waals surface area contributed by atoms with Crippen LogP contribution in [0.25, 0.3) is 0 Å². The van der Waals surface area contributed by atoms with Crippen LogP contribution in [0.2, 0.25) is 0 Å². The van der Waals surface area contributed by atoms with Crippen molar-refractivity contribution in [1.82, 2.24) is 0 Å². The molecule has 0 aliphatic heterocycles. The lowest BCUT2D eigenvalue weighted by atomic mass is 10.2. The van der Waals surface area contributed by atoms with Gasteiger partial charge < -0.3 is 14.2 Å². The Morgan fingerprint density at radius 1 is 1.04 bits per heavy atom. The highest BCUT2D eigenvalue weighted by Gasteiger charge is 2.20. The number of esters is 2. The molecule has 0 atom stereocenters. The van der Waals surface area contributed by atoms with Gasteiger partial charge in [-0.1, -0.05) is 12.1 Å². The first-order chi connectivity index (χ1) is 12.9. The largest absolute Gasteiger partial charge is 0.494 e. The molecule has 0 heterocycles. The number of hydrogen-bond donors (Lipinski definition) is 1. The van der Waals surface area contributed by atoms with Crippen LogP contribution < -0.4 is 9.46 Å². The van der Waals surface area contributed by atoms with E-state index < -0.39 is 28.6 Å². The fraction of sp³-hybridized carbons (Fsp3) is 0.222. The third kappa shape index (κ3) is 5.45. The monoisotopic (exact) mass is 393 g/mol. The fourth-order valence-electron chi connectivity index (χ4n) is 2.10. The first-order valence-electron chi connectivity index (χ1n) is 7.96. The maximum Gasteiger partial charge on any atom is 0.344 e. The Hall–Kier alpha value is -3.07. The molecule has 2 rings (SSSR count). The second kappa shape index (κ2) is 9.04. The summed E-state index contributed by atoms with van der Waals surface area (Å²) in [5.41, 5.74) is -0.00262. The van der Waals surface area contributed by atoms with E-state index >= 15 is 0 Å². The standard InChI is InChI=1S/C18H19NO7S/c1-3-25-13-8-10-14(11-9-13)27(22,23)19-16-7-5-4-6-15(16)18(21)26-12-17(20)24-2/h4-11,19H,3,12H2,1-2H3. The van der Waals surface area contributed by atoms with Crippen molar-refractivity contribution in [2.45, 2.75) is 11.8 Å². The molecule has 9 heteroatoms. The molecule has 0 saturated heterocycles. The minimum Gasteiger partial charge on any atom is -0.494 e. The van der Waals surface area contributed by atoms with E-state index in [1.807, 2.05) is 6.92 Å². The Labute approximate surface area is 157 Å². The van der Waals surface area contributed by atoms with E-state index in [9.17, 15) is 18.0 Å². The van der Waals surface area contributed by atoms with Crippen molar-refractivity contribution in [2.75, 3.05) is 25.0 Å². The number of carbonyl (C=O) groups excluding carboxylic acids is 2. The zero-order chi connectivity index (χ0) is 19.9. The minimum absolute atomic E-state index is 0.00341. The van der Waals surface area contributed by atoms with Gasteiger partial charge in [0, 0.05) is 0 Å². The fourth-order valence-corrected chi connectivity index (χ4v) is 3.18. The van der Waals surface area contributed by atoms with Gasteiger partial charge in [0.05, 0.1) is 29.9 Å². The first-order valence-corrected chi connectivity index (χ1v) is 9.44. The van der Waals surface area contributed by atoms with Crippen LogP contribution in [0, 0.1) is 0 Å². The summed E-state index contributed by atoms with van der Waals surface area (Å²) < 4.78 is 42.0. The molecule has 0 unspecified atom stereocenters. The average molecular weight is 393 g/mol. The molecule has 8 nitrogen and oxygen atoms in total. The summed E-state index contributed by atoms with van der Waals surface area (Å²) in [6.45, 7) is 1.71. The van der Waals surface area contributed by atoms with E-state index in [0.29, 0.717) is 12.4 Å². The molecule has 0 aromatic heterocycles. The van der Waals surface area contributed by atoms with E-state index in [1.165, 1.54) is 36.4 Å². The van der Waals surface area contributed by atoms with Gasteiger partial charge in [-0.05, 0) is 43.3 Å². The van der Waals surface area contributed by atoms with Crippen LogP contribution in [0.3, 0.4) is 0 Å². The lowest BCUT2D eigenvalue weighted by Crippen LogP contribution is -2.18. The van der Waals surface area contributed by atoms with Crippen LogP contribution in [0.5, 0.6) is 5.75 Å². The van der Waals surface area contributed by atoms with Crippen molar-refractivity contribution in [2.24, 2.45) is 0 Å². The molecular formula is C18H19NO7S. The number of hydrogen-bond acceptors (Lipinski definition) is 7. The Balaban J connectivity index is 2.21. The number of nitrogens with one attached hydrogen (secondary N) is 1. The van der Waals surface area contributed by atoms with Gasteiger partial charge in [0.1, 0.15) is 5.75 Å². The van der Waals surface area contributed by atoms with Gasteiger partial charge in [-0.15, -0.1) is 0 Å². The third-order valence-corrected chi connectivity index (χ3v) is 4.77. The number of para-hydroxylation sites is 1. The molecule has 0 fully saturated rings. The molecule has 144 valence electrons. The number of anilines is 1. The van der Waals surface area contributed by atoms with Gasteiger partial charge in [0.15, 0.2) is 6.61 Å². The SMILES string of the molecule is CCOc1ccc(S(=O)(=O)Nc2ccccc2C(=O)OCC(=O)OC)cc1. The van der Waals surface area contributed by atoms with Crippen molar-refractivity contribution < 1.29 is 32.2 Å². The number of benzene rings is 2. The molecule has 0 saturated carbocycles. The normalized spacial score (nSPS) is 10.7. The van der Waals surface area contributed by atoms with Gasteiger partial charge in [0.25, 0.3) is 10.0 Å². The van der Waals surface area contributed by atoms with Crippen LogP contribution in [0.4, 0.5) is 5.69 Å². The lowest BCUT2D eigenvalue weighted by molar-refractivity contribution is -0.144. The van der Waals surface area contributed by atoms with Crippen LogP contribution >= 0.6 is 0 Å². The van der Waals surface area contributed by atoms with Gasteiger partial charge >= 0.3 is 11.9 Å².